The van der Waals surface area contributed by atoms with Crippen LogP contribution >= 0.6 is 12.4 Å². The number of amides is 1. The van der Waals surface area contributed by atoms with E-state index in [4.69, 9.17) is 4.74 Å². The van der Waals surface area contributed by atoms with Crippen molar-refractivity contribution in [1.82, 2.24) is 10.2 Å². The number of para-hydroxylation sites is 1. The monoisotopic (exact) mass is 286 g/mol. The third-order valence-corrected chi connectivity index (χ3v) is 2.54. The summed E-state index contributed by atoms with van der Waals surface area (Å²) < 4.78 is 5.66. The molecule has 5 heteroatoms. The maximum Gasteiger partial charge on any atom is 0.261 e. The third-order valence-electron chi connectivity index (χ3n) is 2.54. The molecule has 4 nitrogen and oxygen atoms in total. The Hall–Kier alpha value is -1.26. The molecular weight excluding hydrogens is 264 g/mol. The maximum absolute atomic E-state index is 11.9. The van der Waals surface area contributed by atoms with Gasteiger partial charge in [-0.25, -0.2) is 0 Å². The van der Waals surface area contributed by atoms with Crippen molar-refractivity contribution in [3.8, 4) is 5.75 Å². The summed E-state index contributed by atoms with van der Waals surface area (Å²) in [4.78, 5) is 13.9. The average Bonchev–Trinajstić information content (AvgIpc) is 2.36. The number of benzene rings is 1. The maximum atomic E-state index is 11.9. The second-order valence-corrected chi connectivity index (χ2v) is 4.42. The minimum atomic E-state index is -0.422. The van der Waals surface area contributed by atoms with Crippen LogP contribution in [0, 0.1) is 0 Å². The molecule has 0 saturated carbocycles. The zero-order valence-corrected chi connectivity index (χ0v) is 12.6. The van der Waals surface area contributed by atoms with E-state index in [1.807, 2.05) is 56.3 Å². The van der Waals surface area contributed by atoms with Gasteiger partial charge in [0.25, 0.3) is 5.91 Å². The van der Waals surface area contributed by atoms with Crippen molar-refractivity contribution in [2.24, 2.45) is 0 Å². The van der Waals surface area contributed by atoms with Gasteiger partial charge >= 0.3 is 0 Å². The first kappa shape index (κ1) is 17.7. The van der Waals surface area contributed by atoms with E-state index in [-0.39, 0.29) is 18.3 Å². The normalized spacial score (nSPS) is 11.6. The topological polar surface area (TPSA) is 41.6 Å². The van der Waals surface area contributed by atoms with Crippen LogP contribution in [0.3, 0.4) is 0 Å². The van der Waals surface area contributed by atoms with E-state index in [0.29, 0.717) is 13.0 Å². The van der Waals surface area contributed by atoms with Gasteiger partial charge in [0.1, 0.15) is 5.75 Å². The minimum absolute atomic E-state index is 0. The summed E-state index contributed by atoms with van der Waals surface area (Å²) in [6.45, 7) is 3.41. The fourth-order valence-corrected chi connectivity index (χ4v) is 1.50. The van der Waals surface area contributed by atoms with Gasteiger partial charge in [-0.3, -0.25) is 4.79 Å². The van der Waals surface area contributed by atoms with Gasteiger partial charge in [0.2, 0.25) is 0 Å². The molecule has 108 valence electrons. The predicted octanol–water partition coefficient (Wildman–Crippen LogP) is 1.94. The smallest absolute Gasteiger partial charge is 0.261 e. The molecule has 0 aliphatic carbocycles. The summed E-state index contributed by atoms with van der Waals surface area (Å²) in [7, 11) is 3.95. The van der Waals surface area contributed by atoms with Crippen LogP contribution in [-0.2, 0) is 4.79 Å². The van der Waals surface area contributed by atoms with Crippen molar-refractivity contribution < 1.29 is 9.53 Å². The number of hydrogen-bond acceptors (Lipinski definition) is 3. The van der Waals surface area contributed by atoms with Crippen molar-refractivity contribution in [2.75, 3.05) is 27.2 Å². The number of carbonyl (C=O) groups excluding carboxylic acids is 1. The fraction of sp³-hybridized carbons (Fsp3) is 0.500. The van der Waals surface area contributed by atoms with Crippen molar-refractivity contribution in [3.05, 3.63) is 30.3 Å². The van der Waals surface area contributed by atoms with Crippen LogP contribution in [0.25, 0.3) is 0 Å². The highest BCUT2D eigenvalue weighted by Crippen LogP contribution is 2.12. The van der Waals surface area contributed by atoms with E-state index < -0.39 is 6.10 Å². The molecule has 1 amide bonds. The first-order valence-electron chi connectivity index (χ1n) is 6.27. The molecule has 0 saturated heterocycles. The molecule has 1 atom stereocenters. The molecule has 1 N–H and O–H groups in total. The van der Waals surface area contributed by atoms with Crippen molar-refractivity contribution in [2.45, 2.75) is 19.4 Å². The Balaban J connectivity index is 0.00000324. The van der Waals surface area contributed by atoms with Gasteiger partial charge in [-0.1, -0.05) is 25.1 Å². The van der Waals surface area contributed by atoms with Crippen LogP contribution in [-0.4, -0.2) is 44.1 Å². The predicted molar refractivity (Wildman–Crippen MR) is 80.0 cm³/mol. The van der Waals surface area contributed by atoms with Gasteiger partial charge in [0.15, 0.2) is 6.10 Å². The average molecular weight is 287 g/mol. The Labute approximate surface area is 121 Å². The standard InChI is InChI=1S/C14H22N2O2.ClH/c1-4-13(14(17)15-10-11-16(2)3)18-12-8-6-5-7-9-12;/h5-9,13H,4,10-11H2,1-3H3,(H,15,17);1H. The second-order valence-electron chi connectivity index (χ2n) is 4.42. The number of ether oxygens (including phenoxy) is 1. The van der Waals surface area contributed by atoms with Crippen LogP contribution in [0.4, 0.5) is 0 Å². The van der Waals surface area contributed by atoms with Gasteiger partial charge in [-0.2, -0.15) is 0 Å². The number of nitrogens with zero attached hydrogens (tertiary/aromatic N) is 1. The molecule has 1 aromatic carbocycles. The Morgan fingerprint density at radius 2 is 1.95 bits per heavy atom. The van der Waals surface area contributed by atoms with E-state index in [2.05, 4.69) is 5.32 Å². The van der Waals surface area contributed by atoms with E-state index in [1.165, 1.54) is 0 Å². The highest BCUT2D eigenvalue weighted by Gasteiger charge is 2.17. The molecule has 19 heavy (non-hydrogen) atoms. The largest absolute Gasteiger partial charge is 0.481 e. The van der Waals surface area contributed by atoms with E-state index in [0.717, 1.165) is 12.3 Å². The lowest BCUT2D eigenvalue weighted by Gasteiger charge is -2.18. The molecular formula is C14H23ClN2O2. The van der Waals surface area contributed by atoms with Crippen molar-refractivity contribution >= 4 is 18.3 Å². The molecule has 0 bridgehead atoms. The molecule has 1 unspecified atom stereocenters. The molecule has 0 aliphatic heterocycles. The minimum Gasteiger partial charge on any atom is -0.481 e. The van der Waals surface area contributed by atoms with Crippen LogP contribution in [0.5, 0.6) is 5.75 Å². The Morgan fingerprint density at radius 3 is 2.47 bits per heavy atom. The highest BCUT2D eigenvalue weighted by molar-refractivity contribution is 5.85. The lowest BCUT2D eigenvalue weighted by Crippen LogP contribution is -2.40. The first-order chi connectivity index (χ1) is 8.63. The van der Waals surface area contributed by atoms with E-state index in [9.17, 15) is 4.79 Å². The third kappa shape index (κ3) is 7.03. The quantitative estimate of drug-likeness (QED) is 0.833. The van der Waals surface area contributed by atoms with Gasteiger partial charge < -0.3 is 15.0 Å². The molecule has 0 aliphatic rings. The number of likely N-dealkylation sites (N-methyl/N-ethyl adjacent to an activating group) is 1. The summed E-state index contributed by atoms with van der Waals surface area (Å²) in [6, 6.07) is 9.43. The Bertz CT molecular complexity index is 358. The summed E-state index contributed by atoms with van der Waals surface area (Å²) >= 11 is 0. The molecule has 1 aromatic rings. The lowest BCUT2D eigenvalue weighted by molar-refractivity contribution is -0.128. The van der Waals surface area contributed by atoms with Crippen LogP contribution < -0.4 is 10.1 Å². The number of hydrogen-bond donors (Lipinski definition) is 1. The summed E-state index contributed by atoms with van der Waals surface area (Å²) in [5, 5.41) is 2.88. The number of halogens is 1. The Kier molecular flexibility index (Phi) is 9.00. The molecule has 0 aromatic heterocycles. The van der Waals surface area contributed by atoms with Gasteiger partial charge in [0.05, 0.1) is 0 Å². The molecule has 0 radical (unpaired) electrons. The fourth-order valence-electron chi connectivity index (χ4n) is 1.50. The zero-order valence-electron chi connectivity index (χ0n) is 11.8. The molecule has 0 heterocycles. The lowest BCUT2D eigenvalue weighted by atomic mass is 10.2. The summed E-state index contributed by atoms with van der Waals surface area (Å²) in [6.07, 6.45) is 0.234. The van der Waals surface area contributed by atoms with E-state index >= 15 is 0 Å². The zero-order chi connectivity index (χ0) is 13.4. The van der Waals surface area contributed by atoms with E-state index in [1.54, 1.807) is 0 Å². The SMILES string of the molecule is CCC(Oc1ccccc1)C(=O)NCCN(C)C.Cl. The van der Waals surface area contributed by atoms with Crippen molar-refractivity contribution in [3.63, 3.8) is 0 Å². The Morgan fingerprint density at radius 1 is 1.32 bits per heavy atom. The van der Waals surface area contributed by atoms with Gasteiger partial charge in [-0.05, 0) is 32.6 Å². The van der Waals surface area contributed by atoms with Gasteiger partial charge in [0, 0.05) is 13.1 Å². The molecule has 0 spiro atoms. The second kappa shape index (κ2) is 9.64. The number of carbonyl (C=O) groups is 1. The number of nitrogens with one attached hydrogen (secondary N) is 1. The van der Waals surface area contributed by atoms with Crippen LogP contribution in [0.15, 0.2) is 30.3 Å². The van der Waals surface area contributed by atoms with Crippen molar-refractivity contribution in [1.29, 1.82) is 0 Å². The number of rotatable bonds is 7. The first-order valence-corrected chi connectivity index (χ1v) is 6.27. The highest BCUT2D eigenvalue weighted by atomic mass is 35.5. The summed E-state index contributed by atoms with van der Waals surface area (Å²) in [5.41, 5.74) is 0. The van der Waals surface area contributed by atoms with Crippen LogP contribution in [0.1, 0.15) is 13.3 Å². The molecule has 1 rings (SSSR count). The van der Waals surface area contributed by atoms with Gasteiger partial charge in [-0.15, -0.1) is 12.4 Å². The molecule has 0 fully saturated rings. The van der Waals surface area contributed by atoms with Crippen LogP contribution in [0.2, 0.25) is 0 Å². The summed E-state index contributed by atoms with van der Waals surface area (Å²) in [5.74, 6) is 0.676.